The summed E-state index contributed by atoms with van der Waals surface area (Å²) >= 11 is 0. The van der Waals surface area contributed by atoms with Gasteiger partial charge in [0.2, 0.25) is 15.9 Å². The van der Waals surface area contributed by atoms with Crippen LogP contribution in [0.2, 0.25) is 0 Å². The molecular formula is C14H23N3O3S. The first kappa shape index (κ1) is 17.6. The maximum atomic E-state index is 12.1. The summed E-state index contributed by atoms with van der Waals surface area (Å²) in [7, 11) is -3.61. The molecule has 1 amide bonds. The van der Waals surface area contributed by atoms with Crippen molar-refractivity contribution in [3.05, 3.63) is 29.8 Å². The van der Waals surface area contributed by atoms with Crippen molar-refractivity contribution < 1.29 is 13.2 Å². The summed E-state index contributed by atoms with van der Waals surface area (Å²) in [6.45, 7) is 4.92. The Labute approximate surface area is 126 Å². The van der Waals surface area contributed by atoms with Gasteiger partial charge in [0, 0.05) is 26.1 Å². The number of carbonyl (C=O) groups is 1. The van der Waals surface area contributed by atoms with Gasteiger partial charge in [-0.05, 0) is 23.6 Å². The number of hydrogen-bond acceptors (Lipinski definition) is 4. The molecule has 0 saturated heterocycles. The number of carbonyl (C=O) groups excluding carboxylic acids is 1. The molecule has 0 radical (unpaired) electrons. The van der Waals surface area contributed by atoms with Crippen LogP contribution in [-0.2, 0) is 21.4 Å². The third-order valence-electron chi connectivity index (χ3n) is 2.80. The maximum absolute atomic E-state index is 12.1. The molecule has 0 aliphatic carbocycles. The van der Waals surface area contributed by atoms with Crippen LogP contribution < -0.4 is 15.8 Å². The van der Waals surface area contributed by atoms with Crippen LogP contribution in [0.1, 0.15) is 25.8 Å². The summed E-state index contributed by atoms with van der Waals surface area (Å²) in [5.74, 6) is 0.201. The second kappa shape index (κ2) is 8.11. The lowest BCUT2D eigenvalue weighted by Crippen LogP contribution is -2.32. The van der Waals surface area contributed by atoms with E-state index >= 15 is 0 Å². The van der Waals surface area contributed by atoms with Gasteiger partial charge in [-0.25, -0.2) is 13.1 Å². The molecule has 1 aromatic rings. The average Bonchev–Trinajstić information content (AvgIpc) is 2.45. The third kappa shape index (κ3) is 6.24. The fourth-order valence-electron chi connectivity index (χ4n) is 1.63. The fraction of sp³-hybridized carbons (Fsp3) is 0.500. The Morgan fingerprint density at radius 3 is 2.67 bits per heavy atom. The second-order valence-corrected chi connectivity index (χ2v) is 6.96. The standard InChI is InChI=1S/C14H23N3O3S/c1-11(2)10-16-14(18)6-7-17-21(19,20)13-5-3-4-12(8-13)9-15/h3-5,8,11,17H,6-7,9-10,15H2,1-2H3,(H,16,18). The third-order valence-corrected chi connectivity index (χ3v) is 4.25. The highest BCUT2D eigenvalue weighted by Crippen LogP contribution is 2.10. The van der Waals surface area contributed by atoms with Crippen LogP contribution in [0.15, 0.2) is 29.2 Å². The molecule has 0 aromatic heterocycles. The SMILES string of the molecule is CC(C)CNC(=O)CCNS(=O)(=O)c1cccc(CN)c1. The maximum Gasteiger partial charge on any atom is 0.240 e. The van der Waals surface area contributed by atoms with Gasteiger partial charge in [0.05, 0.1) is 4.90 Å². The Morgan fingerprint density at radius 2 is 2.05 bits per heavy atom. The van der Waals surface area contributed by atoms with Crippen molar-refractivity contribution >= 4 is 15.9 Å². The Kier molecular flexibility index (Phi) is 6.80. The van der Waals surface area contributed by atoms with Gasteiger partial charge >= 0.3 is 0 Å². The molecule has 0 heterocycles. The molecular weight excluding hydrogens is 290 g/mol. The Hall–Kier alpha value is -1.44. The molecule has 0 fully saturated rings. The Balaban J connectivity index is 2.51. The quantitative estimate of drug-likeness (QED) is 0.653. The zero-order chi connectivity index (χ0) is 15.9. The van der Waals surface area contributed by atoms with Gasteiger partial charge in [0.15, 0.2) is 0 Å². The van der Waals surface area contributed by atoms with Gasteiger partial charge in [-0.15, -0.1) is 0 Å². The largest absolute Gasteiger partial charge is 0.356 e. The van der Waals surface area contributed by atoms with Crippen molar-refractivity contribution in [1.82, 2.24) is 10.0 Å². The van der Waals surface area contributed by atoms with E-state index in [4.69, 9.17) is 5.73 Å². The van der Waals surface area contributed by atoms with Crippen LogP contribution in [0, 0.1) is 5.92 Å². The first-order chi connectivity index (χ1) is 9.85. The molecule has 0 spiro atoms. The lowest BCUT2D eigenvalue weighted by molar-refractivity contribution is -0.121. The minimum Gasteiger partial charge on any atom is -0.356 e. The highest BCUT2D eigenvalue weighted by Gasteiger charge is 2.14. The molecule has 21 heavy (non-hydrogen) atoms. The van der Waals surface area contributed by atoms with Gasteiger partial charge in [-0.3, -0.25) is 4.79 Å². The molecule has 6 nitrogen and oxygen atoms in total. The van der Waals surface area contributed by atoms with Crippen molar-refractivity contribution in [2.45, 2.75) is 31.7 Å². The van der Waals surface area contributed by atoms with Crippen LogP contribution in [0.4, 0.5) is 0 Å². The predicted molar refractivity (Wildman–Crippen MR) is 82.0 cm³/mol. The normalized spacial score (nSPS) is 11.6. The van der Waals surface area contributed by atoms with Crippen molar-refractivity contribution in [3.8, 4) is 0 Å². The van der Waals surface area contributed by atoms with Crippen LogP contribution in [-0.4, -0.2) is 27.4 Å². The minimum absolute atomic E-state index is 0.0686. The van der Waals surface area contributed by atoms with Crippen LogP contribution in [0.5, 0.6) is 0 Å². The molecule has 1 rings (SSSR count). The van der Waals surface area contributed by atoms with E-state index in [1.807, 2.05) is 13.8 Å². The Morgan fingerprint density at radius 1 is 1.33 bits per heavy atom. The van der Waals surface area contributed by atoms with Crippen molar-refractivity contribution in [2.75, 3.05) is 13.1 Å². The molecule has 0 saturated carbocycles. The Bertz CT molecular complexity index is 571. The van der Waals surface area contributed by atoms with E-state index in [0.29, 0.717) is 12.5 Å². The summed E-state index contributed by atoms with van der Waals surface area (Å²) in [5.41, 5.74) is 6.23. The monoisotopic (exact) mass is 313 g/mol. The molecule has 0 atom stereocenters. The molecule has 0 aliphatic heterocycles. The van der Waals surface area contributed by atoms with Gasteiger partial charge in [0.25, 0.3) is 0 Å². The second-order valence-electron chi connectivity index (χ2n) is 5.20. The summed E-state index contributed by atoms with van der Waals surface area (Å²) in [4.78, 5) is 11.7. The van der Waals surface area contributed by atoms with Gasteiger partial charge < -0.3 is 11.1 Å². The smallest absolute Gasteiger partial charge is 0.240 e. The van der Waals surface area contributed by atoms with E-state index in [0.717, 1.165) is 5.56 Å². The van der Waals surface area contributed by atoms with E-state index in [9.17, 15) is 13.2 Å². The van der Waals surface area contributed by atoms with Gasteiger partial charge in [0.1, 0.15) is 0 Å². The molecule has 118 valence electrons. The van der Waals surface area contributed by atoms with E-state index in [1.165, 1.54) is 12.1 Å². The van der Waals surface area contributed by atoms with Gasteiger partial charge in [-0.2, -0.15) is 0 Å². The summed E-state index contributed by atoms with van der Waals surface area (Å²) in [6.07, 6.45) is 0.114. The summed E-state index contributed by atoms with van der Waals surface area (Å²) < 4.78 is 26.5. The molecule has 0 aliphatic rings. The molecule has 1 aromatic carbocycles. The number of benzene rings is 1. The number of rotatable bonds is 8. The van der Waals surface area contributed by atoms with Gasteiger partial charge in [-0.1, -0.05) is 26.0 Å². The molecule has 0 bridgehead atoms. The number of hydrogen-bond donors (Lipinski definition) is 3. The van der Waals surface area contributed by atoms with E-state index in [1.54, 1.807) is 12.1 Å². The van der Waals surface area contributed by atoms with Crippen LogP contribution in [0.25, 0.3) is 0 Å². The minimum atomic E-state index is -3.61. The summed E-state index contributed by atoms with van der Waals surface area (Å²) in [6, 6.07) is 6.44. The lowest BCUT2D eigenvalue weighted by atomic mass is 10.2. The molecule has 7 heteroatoms. The lowest BCUT2D eigenvalue weighted by Gasteiger charge is -2.09. The van der Waals surface area contributed by atoms with Crippen molar-refractivity contribution in [2.24, 2.45) is 11.7 Å². The zero-order valence-electron chi connectivity index (χ0n) is 12.4. The van der Waals surface area contributed by atoms with E-state index in [-0.39, 0.29) is 30.3 Å². The van der Waals surface area contributed by atoms with Crippen molar-refractivity contribution in [3.63, 3.8) is 0 Å². The number of sulfonamides is 1. The first-order valence-electron chi connectivity index (χ1n) is 6.90. The van der Waals surface area contributed by atoms with Crippen molar-refractivity contribution in [1.29, 1.82) is 0 Å². The topological polar surface area (TPSA) is 101 Å². The van der Waals surface area contributed by atoms with Crippen LogP contribution in [0.3, 0.4) is 0 Å². The number of amides is 1. The van der Waals surface area contributed by atoms with E-state index in [2.05, 4.69) is 10.0 Å². The highest BCUT2D eigenvalue weighted by molar-refractivity contribution is 7.89. The van der Waals surface area contributed by atoms with Crippen LogP contribution >= 0.6 is 0 Å². The number of nitrogens with one attached hydrogen (secondary N) is 2. The summed E-state index contributed by atoms with van der Waals surface area (Å²) in [5, 5.41) is 2.74. The first-order valence-corrected chi connectivity index (χ1v) is 8.39. The highest BCUT2D eigenvalue weighted by atomic mass is 32.2. The molecule has 4 N–H and O–H groups in total. The fourth-order valence-corrected chi connectivity index (χ4v) is 2.73. The molecule has 0 unspecified atom stereocenters. The average molecular weight is 313 g/mol. The predicted octanol–water partition coefficient (Wildman–Crippen LogP) is 0.586. The zero-order valence-corrected chi connectivity index (χ0v) is 13.2. The van der Waals surface area contributed by atoms with E-state index < -0.39 is 10.0 Å². The number of nitrogens with two attached hydrogens (primary N) is 1.